The summed E-state index contributed by atoms with van der Waals surface area (Å²) in [7, 11) is 0. The van der Waals surface area contributed by atoms with E-state index in [1.165, 1.54) is 4.80 Å². The highest BCUT2D eigenvalue weighted by Gasteiger charge is 2.13. The van der Waals surface area contributed by atoms with Crippen molar-refractivity contribution in [1.82, 2.24) is 20.2 Å². The Morgan fingerprint density at radius 1 is 1.11 bits per heavy atom. The van der Waals surface area contributed by atoms with E-state index in [1.807, 2.05) is 18.2 Å². The lowest BCUT2D eigenvalue weighted by atomic mass is 10.1. The van der Waals surface area contributed by atoms with Crippen molar-refractivity contribution in [2.24, 2.45) is 0 Å². The van der Waals surface area contributed by atoms with E-state index in [1.54, 1.807) is 50.2 Å². The number of anilines is 1. The standard InChI is InChI=1S/C19H19N5O3/c1-13(2)27-19(26)15-8-6-7-14(11-15)18-21-23-24(22-18)12-17(25)20-16-9-4-3-5-10-16/h3-11,13H,12H2,1-2H3,(H,20,25). The van der Waals surface area contributed by atoms with Gasteiger partial charge in [0.25, 0.3) is 0 Å². The molecule has 0 bridgehead atoms. The average molecular weight is 365 g/mol. The summed E-state index contributed by atoms with van der Waals surface area (Å²) in [6, 6.07) is 15.9. The third-order valence-electron chi connectivity index (χ3n) is 3.49. The molecule has 0 saturated carbocycles. The number of carbonyl (C=O) groups is 2. The van der Waals surface area contributed by atoms with Gasteiger partial charge in [0.15, 0.2) is 0 Å². The first-order valence-corrected chi connectivity index (χ1v) is 8.45. The van der Waals surface area contributed by atoms with E-state index < -0.39 is 5.97 Å². The number of benzene rings is 2. The van der Waals surface area contributed by atoms with Gasteiger partial charge in [-0.05, 0) is 43.3 Å². The Labute approximate surface area is 156 Å². The van der Waals surface area contributed by atoms with E-state index in [0.29, 0.717) is 22.6 Å². The Morgan fingerprint density at radius 2 is 1.89 bits per heavy atom. The summed E-state index contributed by atoms with van der Waals surface area (Å²) < 4.78 is 5.19. The van der Waals surface area contributed by atoms with Crippen LogP contribution in [0.1, 0.15) is 24.2 Å². The van der Waals surface area contributed by atoms with Gasteiger partial charge in [-0.1, -0.05) is 30.3 Å². The minimum absolute atomic E-state index is 0.0724. The van der Waals surface area contributed by atoms with Crippen molar-refractivity contribution >= 4 is 17.6 Å². The monoisotopic (exact) mass is 365 g/mol. The average Bonchev–Trinajstić information content (AvgIpc) is 3.10. The first kappa shape index (κ1) is 18.2. The minimum Gasteiger partial charge on any atom is -0.459 e. The summed E-state index contributed by atoms with van der Waals surface area (Å²) in [5.74, 6) is -0.359. The topological polar surface area (TPSA) is 99.0 Å². The molecule has 1 aromatic heterocycles. The molecule has 1 heterocycles. The van der Waals surface area contributed by atoms with Gasteiger partial charge in [0.05, 0.1) is 11.7 Å². The van der Waals surface area contributed by atoms with Gasteiger partial charge in [-0.15, -0.1) is 10.2 Å². The summed E-state index contributed by atoms with van der Waals surface area (Å²) in [6.07, 6.45) is -0.205. The Hall–Kier alpha value is -3.55. The number of hydrogen-bond donors (Lipinski definition) is 1. The number of nitrogens with zero attached hydrogens (tertiary/aromatic N) is 4. The number of para-hydroxylation sites is 1. The normalized spacial score (nSPS) is 10.6. The summed E-state index contributed by atoms with van der Waals surface area (Å²) >= 11 is 0. The molecule has 2 aromatic carbocycles. The fraction of sp³-hybridized carbons (Fsp3) is 0.211. The van der Waals surface area contributed by atoms with Crippen molar-refractivity contribution in [3.8, 4) is 11.4 Å². The lowest BCUT2D eigenvalue weighted by molar-refractivity contribution is -0.117. The maximum absolute atomic E-state index is 12.1. The third-order valence-corrected chi connectivity index (χ3v) is 3.49. The highest BCUT2D eigenvalue weighted by Crippen LogP contribution is 2.16. The van der Waals surface area contributed by atoms with Crippen LogP contribution in [-0.2, 0) is 16.1 Å². The van der Waals surface area contributed by atoms with Gasteiger partial charge < -0.3 is 10.1 Å². The van der Waals surface area contributed by atoms with Gasteiger partial charge in [0.1, 0.15) is 6.54 Å². The van der Waals surface area contributed by atoms with Crippen LogP contribution in [0.25, 0.3) is 11.4 Å². The highest BCUT2D eigenvalue weighted by molar-refractivity contribution is 5.91. The number of esters is 1. The van der Waals surface area contributed by atoms with E-state index >= 15 is 0 Å². The van der Waals surface area contributed by atoms with Crippen molar-refractivity contribution < 1.29 is 14.3 Å². The molecule has 0 spiro atoms. The maximum atomic E-state index is 12.1. The second kappa shape index (κ2) is 8.22. The molecule has 0 radical (unpaired) electrons. The number of carbonyl (C=O) groups excluding carboxylic acids is 2. The molecule has 1 amide bonds. The van der Waals surface area contributed by atoms with Gasteiger partial charge in [-0.2, -0.15) is 4.80 Å². The zero-order valence-electron chi connectivity index (χ0n) is 15.0. The molecule has 0 saturated heterocycles. The first-order chi connectivity index (χ1) is 13.0. The molecule has 0 unspecified atom stereocenters. The second-order valence-corrected chi connectivity index (χ2v) is 6.09. The minimum atomic E-state index is -0.415. The fourth-order valence-corrected chi connectivity index (χ4v) is 2.34. The van der Waals surface area contributed by atoms with E-state index in [-0.39, 0.29) is 18.6 Å². The second-order valence-electron chi connectivity index (χ2n) is 6.09. The van der Waals surface area contributed by atoms with Crippen LogP contribution in [-0.4, -0.2) is 38.2 Å². The zero-order chi connectivity index (χ0) is 19.2. The molecule has 1 N–H and O–H groups in total. The van der Waals surface area contributed by atoms with Crippen molar-refractivity contribution in [3.63, 3.8) is 0 Å². The third kappa shape index (κ3) is 4.97. The predicted molar refractivity (Wildman–Crippen MR) is 98.9 cm³/mol. The molecule has 0 aliphatic rings. The molecular formula is C19H19N5O3. The Balaban J connectivity index is 1.68. The number of rotatable bonds is 6. The van der Waals surface area contributed by atoms with Gasteiger partial charge in [0, 0.05) is 11.3 Å². The first-order valence-electron chi connectivity index (χ1n) is 8.45. The molecule has 138 valence electrons. The number of aromatic nitrogens is 4. The molecule has 0 aliphatic carbocycles. The lowest BCUT2D eigenvalue weighted by Crippen LogP contribution is -2.20. The maximum Gasteiger partial charge on any atom is 0.338 e. The van der Waals surface area contributed by atoms with Crippen LogP contribution in [0.5, 0.6) is 0 Å². The van der Waals surface area contributed by atoms with Crippen LogP contribution in [0.15, 0.2) is 54.6 Å². The largest absolute Gasteiger partial charge is 0.459 e. The molecule has 0 fully saturated rings. The molecular weight excluding hydrogens is 346 g/mol. The van der Waals surface area contributed by atoms with E-state index in [0.717, 1.165) is 0 Å². The van der Waals surface area contributed by atoms with Crippen LogP contribution in [0.2, 0.25) is 0 Å². The van der Waals surface area contributed by atoms with Crippen molar-refractivity contribution in [1.29, 1.82) is 0 Å². The van der Waals surface area contributed by atoms with Crippen LogP contribution in [0, 0.1) is 0 Å². The molecule has 27 heavy (non-hydrogen) atoms. The summed E-state index contributed by atoms with van der Waals surface area (Å²) in [5.41, 5.74) is 1.71. The number of tetrazole rings is 1. The summed E-state index contributed by atoms with van der Waals surface area (Å²) in [5, 5.41) is 14.8. The lowest BCUT2D eigenvalue weighted by Gasteiger charge is -2.08. The van der Waals surface area contributed by atoms with Gasteiger partial charge in [-0.3, -0.25) is 4.79 Å². The molecule has 8 nitrogen and oxygen atoms in total. The molecule has 3 aromatic rings. The molecule has 8 heteroatoms. The van der Waals surface area contributed by atoms with Crippen molar-refractivity contribution in [2.75, 3.05) is 5.32 Å². The Morgan fingerprint density at radius 3 is 2.63 bits per heavy atom. The van der Waals surface area contributed by atoms with Gasteiger partial charge >= 0.3 is 5.97 Å². The summed E-state index contributed by atoms with van der Waals surface area (Å²) in [4.78, 5) is 25.3. The SMILES string of the molecule is CC(C)OC(=O)c1cccc(-c2nnn(CC(=O)Nc3ccccc3)n2)c1. The van der Waals surface area contributed by atoms with Gasteiger partial charge in [-0.25, -0.2) is 4.79 Å². The van der Waals surface area contributed by atoms with E-state index in [4.69, 9.17) is 4.74 Å². The van der Waals surface area contributed by atoms with Crippen LogP contribution < -0.4 is 5.32 Å². The van der Waals surface area contributed by atoms with Crippen LogP contribution >= 0.6 is 0 Å². The molecule has 3 rings (SSSR count). The smallest absolute Gasteiger partial charge is 0.338 e. The molecule has 0 atom stereocenters. The highest BCUT2D eigenvalue weighted by atomic mass is 16.5. The van der Waals surface area contributed by atoms with E-state index in [9.17, 15) is 9.59 Å². The number of hydrogen-bond acceptors (Lipinski definition) is 6. The van der Waals surface area contributed by atoms with Crippen LogP contribution in [0.3, 0.4) is 0 Å². The number of amides is 1. The van der Waals surface area contributed by atoms with Crippen molar-refractivity contribution in [2.45, 2.75) is 26.5 Å². The fourth-order valence-electron chi connectivity index (χ4n) is 2.34. The number of ether oxygens (including phenoxy) is 1. The molecule has 0 aliphatic heterocycles. The van der Waals surface area contributed by atoms with E-state index in [2.05, 4.69) is 20.7 Å². The Bertz CT molecular complexity index is 937. The Kier molecular flexibility index (Phi) is 5.55. The van der Waals surface area contributed by atoms with Gasteiger partial charge in [0.2, 0.25) is 11.7 Å². The predicted octanol–water partition coefficient (Wildman–Crippen LogP) is 2.54. The quantitative estimate of drug-likeness (QED) is 0.674. The number of nitrogens with one attached hydrogen (secondary N) is 1. The summed E-state index contributed by atoms with van der Waals surface area (Å²) in [6.45, 7) is 3.50. The van der Waals surface area contributed by atoms with Crippen molar-refractivity contribution in [3.05, 3.63) is 60.2 Å². The van der Waals surface area contributed by atoms with Crippen LogP contribution in [0.4, 0.5) is 5.69 Å². The zero-order valence-corrected chi connectivity index (χ0v) is 15.0.